The summed E-state index contributed by atoms with van der Waals surface area (Å²) in [5.41, 5.74) is 0.546. The molecule has 1 unspecified atom stereocenters. The van der Waals surface area contributed by atoms with Crippen molar-refractivity contribution < 1.29 is 38.1 Å². The summed E-state index contributed by atoms with van der Waals surface area (Å²) in [6, 6.07) is 6.82. The lowest BCUT2D eigenvalue weighted by Crippen LogP contribution is -2.33. The highest BCUT2D eigenvalue weighted by Gasteiger charge is 2.14. The fourth-order valence-electron chi connectivity index (χ4n) is 2.07. The Morgan fingerprint density at radius 2 is 1.50 bits per heavy atom. The van der Waals surface area contributed by atoms with Gasteiger partial charge in [0.2, 0.25) is 0 Å². The molecule has 1 aromatic carbocycles. The van der Waals surface area contributed by atoms with E-state index in [-0.39, 0.29) is 19.1 Å². The second-order valence-electron chi connectivity index (χ2n) is 6.04. The maximum absolute atomic E-state index is 11.9. The lowest BCUT2D eigenvalue weighted by molar-refractivity contribution is -0.157. The summed E-state index contributed by atoms with van der Waals surface area (Å²) in [4.78, 5) is 34.8. The lowest BCUT2D eigenvalue weighted by atomic mass is 10.2. The number of benzene rings is 1. The molecule has 0 aliphatic carbocycles. The van der Waals surface area contributed by atoms with Crippen LogP contribution in [0, 0.1) is 0 Å². The van der Waals surface area contributed by atoms with E-state index in [4.69, 9.17) is 23.7 Å². The molecule has 0 heterocycles. The van der Waals surface area contributed by atoms with Gasteiger partial charge in [0.05, 0.1) is 33.5 Å². The molecule has 30 heavy (non-hydrogen) atoms. The van der Waals surface area contributed by atoms with Crippen molar-refractivity contribution in [1.29, 1.82) is 0 Å². The Balaban J connectivity index is 1.95. The minimum atomic E-state index is -0.711. The van der Waals surface area contributed by atoms with Crippen molar-refractivity contribution in [2.24, 2.45) is 0 Å². The quantitative estimate of drug-likeness (QED) is 0.300. The topological polar surface area (TPSA) is 121 Å². The molecule has 0 aromatic heterocycles. The van der Waals surface area contributed by atoms with Gasteiger partial charge in [-0.25, -0.2) is 4.79 Å². The number of carbonyl (C=O) groups excluding carboxylic acids is 3. The van der Waals surface area contributed by atoms with Crippen molar-refractivity contribution in [1.82, 2.24) is 10.6 Å². The van der Waals surface area contributed by atoms with Crippen LogP contribution in [0.15, 0.2) is 24.3 Å². The minimum absolute atomic E-state index is 0.185. The monoisotopic (exact) mass is 426 g/mol. The van der Waals surface area contributed by atoms with Crippen molar-refractivity contribution in [2.45, 2.75) is 13.0 Å². The Bertz CT molecular complexity index is 651. The molecule has 1 aromatic rings. The Labute approximate surface area is 176 Å². The molecule has 0 bridgehead atoms. The third-order valence-corrected chi connectivity index (χ3v) is 3.86. The van der Waals surface area contributed by atoms with E-state index < -0.39 is 18.0 Å². The van der Waals surface area contributed by atoms with Crippen LogP contribution in [0.2, 0.25) is 0 Å². The third-order valence-electron chi connectivity index (χ3n) is 3.86. The predicted octanol–water partition coefficient (Wildman–Crippen LogP) is 0.153. The molecular weight excluding hydrogens is 396 g/mol. The van der Waals surface area contributed by atoms with E-state index in [0.29, 0.717) is 44.3 Å². The van der Waals surface area contributed by atoms with Crippen LogP contribution in [0.1, 0.15) is 17.3 Å². The summed E-state index contributed by atoms with van der Waals surface area (Å²) < 4.78 is 25.3. The van der Waals surface area contributed by atoms with Gasteiger partial charge in [0.25, 0.3) is 11.8 Å². The second-order valence-corrected chi connectivity index (χ2v) is 6.04. The highest BCUT2D eigenvalue weighted by Crippen LogP contribution is 2.10. The van der Waals surface area contributed by atoms with Crippen LogP contribution in [0.4, 0.5) is 0 Å². The molecule has 0 radical (unpaired) electrons. The Morgan fingerprint density at radius 1 is 0.900 bits per heavy atom. The molecular formula is C20H30N2O8. The lowest BCUT2D eigenvalue weighted by Gasteiger charge is -2.10. The van der Waals surface area contributed by atoms with Crippen molar-refractivity contribution in [3.63, 3.8) is 0 Å². The summed E-state index contributed by atoms with van der Waals surface area (Å²) in [6.07, 6.45) is -0.711. The van der Waals surface area contributed by atoms with Crippen LogP contribution in [0.3, 0.4) is 0 Å². The van der Waals surface area contributed by atoms with Crippen LogP contribution in [0.5, 0.6) is 5.75 Å². The van der Waals surface area contributed by atoms with Gasteiger partial charge in [-0.2, -0.15) is 0 Å². The van der Waals surface area contributed by atoms with Crippen LogP contribution in [0.25, 0.3) is 0 Å². The first-order valence-electron chi connectivity index (χ1n) is 9.51. The maximum Gasteiger partial charge on any atom is 0.335 e. The van der Waals surface area contributed by atoms with Crippen LogP contribution < -0.4 is 15.4 Å². The number of hydrogen-bond donors (Lipinski definition) is 2. The molecule has 0 spiro atoms. The standard InChI is InChI=1S/C20H30N2O8/c1-15(26-2)20(25)30-14-18(23)21-8-10-28-12-13-29-11-9-22-19(24)16-4-6-17(27-3)7-5-16/h4-7,15H,8-14H2,1-3H3,(H,21,23)(H,22,24). The fourth-order valence-corrected chi connectivity index (χ4v) is 2.07. The smallest absolute Gasteiger partial charge is 0.335 e. The first-order valence-corrected chi connectivity index (χ1v) is 9.51. The van der Waals surface area contributed by atoms with Crippen LogP contribution >= 0.6 is 0 Å². The highest BCUT2D eigenvalue weighted by molar-refractivity contribution is 5.94. The van der Waals surface area contributed by atoms with Crippen LogP contribution in [-0.2, 0) is 28.5 Å². The predicted molar refractivity (Wildman–Crippen MR) is 107 cm³/mol. The third kappa shape index (κ3) is 10.7. The normalized spacial score (nSPS) is 11.4. The molecule has 0 saturated carbocycles. The summed E-state index contributed by atoms with van der Waals surface area (Å²) in [5, 5.41) is 5.32. The number of carbonyl (C=O) groups is 3. The van der Waals surface area contributed by atoms with Crippen molar-refractivity contribution in [3.8, 4) is 5.75 Å². The molecule has 0 aliphatic rings. The van der Waals surface area contributed by atoms with Gasteiger partial charge in [0, 0.05) is 25.8 Å². The summed E-state index contributed by atoms with van der Waals surface area (Å²) >= 11 is 0. The largest absolute Gasteiger partial charge is 0.497 e. The molecule has 0 saturated heterocycles. The van der Waals surface area contributed by atoms with E-state index in [0.717, 1.165) is 0 Å². The van der Waals surface area contributed by atoms with Gasteiger partial charge in [0.15, 0.2) is 12.7 Å². The number of methoxy groups -OCH3 is 2. The molecule has 1 rings (SSSR count). The molecule has 0 aliphatic heterocycles. The number of esters is 1. The molecule has 10 heteroatoms. The van der Waals surface area contributed by atoms with Gasteiger partial charge in [-0.3, -0.25) is 9.59 Å². The molecule has 10 nitrogen and oxygen atoms in total. The van der Waals surface area contributed by atoms with E-state index in [1.54, 1.807) is 31.4 Å². The number of nitrogens with one attached hydrogen (secondary N) is 2. The van der Waals surface area contributed by atoms with E-state index >= 15 is 0 Å². The zero-order chi connectivity index (χ0) is 22.2. The molecule has 0 fully saturated rings. The summed E-state index contributed by atoms with van der Waals surface area (Å²) in [7, 11) is 2.95. The molecule has 2 N–H and O–H groups in total. The highest BCUT2D eigenvalue weighted by atomic mass is 16.6. The molecule has 168 valence electrons. The van der Waals surface area contributed by atoms with Gasteiger partial charge < -0.3 is 34.3 Å². The summed E-state index contributed by atoms with van der Waals surface area (Å²) in [6.45, 7) is 3.19. The zero-order valence-corrected chi connectivity index (χ0v) is 17.6. The average molecular weight is 426 g/mol. The fraction of sp³-hybridized carbons (Fsp3) is 0.550. The van der Waals surface area contributed by atoms with Gasteiger partial charge in [-0.05, 0) is 31.2 Å². The van der Waals surface area contributed by atoms with E-state index in [9.17, 15) is 14.4 Å². The van der Waals surface area contributed by atoms with E-state index in [1.165, 1.54) is 14.0 Å². The van der Waals surface area contributed by atoms with Gasteiger partial charge in [0.1, 0.15) is 5.75 Å². The van der Waals surface area contributed by atoms with Crippen molar-refractivity contribution in [3.05, 3.63) is 29.8 Å². The molecule has 2 amide bonds. The zero-order valence-electron chi connectivity index (χ0n) is 17.6. The number of amides is 2. The molecule has 1 atom stereocenters. The Hall–Kier alpha value is -2.69. The van der Waals surface area contributed by atoms with Crippen molar-refractivity contribution >= 4 is 17.8 Å². The van der Waals surface area contributed by atoms with Crippen LogP contribution in [-0.4, -0.2) is 84.2 Å². The maximum atomic E-state index is 11.9. The number of ether oxygens (including phenoxy) is 5. The van der Waals surface area contributed by atoms with Gasteiger partial charge in [-0.15, -0.1) is 0 Å². The number of rotatable bonds is 15. The first kappa shape index (κ1) is 25.3. The van der Waals surface area contributed by atoms with Gasteiger partial charge in [-0.1, -0.05) is 0 Å². The van der Waals surface area contributed by atoms with Crippen molar-refractivity contribution in [2.75, 3.05) is 60.3 Å². The average Bonchev–Trinajstić information content (AvgIpc) is 2.77. The van der Waals surface area contributed by atoms with E-state index in [2.05, 4.69) is 10.6 Å². The minimum Gasteiger partial charge on any atom is -0.497 e. The second kappa shape index (κ2) is 15.2. The summed E-state index contributed by atoms with van der Waals surface area (Å²) in [5.74, 6) is -0.509. The Kier molecular flexibility index (Phi) is 12.8. The van der Waals surface area contributed by atoms with E-state index in [1.807, 2.05) is 0 Å². The van der Waals surface area contributed by atoms with Gasteiger partial charge >= 0.3 is 5.97 Å². The SMILES string of the molecule is COc1ccc(C(=O)NCCOCCOCCNC(=O)COC(=O)C(C)OC)cc1. The first-order chi connectivity index (χ1) is 14.5. The Morgan fingerprint density at radius 3 is 2.07 bits per heavy atom. The number of hydrogen-bond acceptors (Lipinski definition) is 8.